The van der Waals surface area contributed by atoms with E-state index in [0.717, 1.165) is 23.2 Å². The minimum absolute atomic E-state index is 0.653. The van der Waals surface area contributed by atoms with Crippen LogP contribution >= 0.6 is 23.2 Å². The number of nitrogen functional groups attached to an aromatic ring is 1. The maximum Gasteiger partial charge on any atom is 0.0456 e. The van der Waals surface area contributed by atoms with Crippen LogP contribution < -0.4 is 5.73 Å². The van der Waals surface area contributed by atoms with E-state index in [1.54, 1.807) is 6.07 Å². The Morgan fingerprint density at radius 1 is 0.792 bits per heavy atom. The Labute approximate surface area is 152 Å². The minimum atomic E-state index is 0.653. The number of rotatable bonds is 4. The zero-order chi connectivity index (χ0) is 16.9. The molecule has 3 heteroatoms. The minimum Gasteiger partial charge on any atom is -0.399 e. The van der Waals surface area contributed by atoms with Crippen molar-refractivity contribution in [1.82, 2.24) is 0 Å². The van der Waals surface area contributed by atoms with Crippen molar-refractivity contribution >= 4 is 41.0 Å². The molecule has 0 unspecified atom stereocenters. The summed E-state index contributed by atoms with van der Waals surface area (Å²) in [4.78, 5) is 0. The molecule has 3 aromatic carbocycles. The third-order valence-electron chi connectivity index (χ3n) is 3.84. The van der Waals surface area contributed by atoms with Gasteiger partial charge in [0.2, 0.25) is 0 Å². The lowest BCUT2D eigenvalue weighted by atomic mass is 9.99. The van der Waals surface area contributed by atoms with Crippen molar-refractivity contribution in [2.75, 3.05) is 5.73 Å². The van der Waals surface area contributed by atoms with Crippen molar-refractivity contribution in [3.63, 3.8) is 0 Å². The third-order valence-corrected chi connectivity index (χ3v) is 4.43. The highest BCUT2D eigenvalue weighted by atomic mass is 35.5. The zero-order valence-electron chi connectivity index (χ0n) is 13.0. The topological polar surface area (TPSA) is 26.0 Å². The van der Waals surface area contributed by atoms with Gasteiger partial charge in [0.15, 0.2) is 0 Å². The summed E-state index contributed by atoms with van der Waals surface area (Å²) in [5, 5.41) is 1.35. The largest absolute Gasteiger partial charge is 0.399 e. The normalized spacial score (nSPS) is 11.1. The molecule has 0 heterocycles. The van der Waals surface area contributed by atoms with Gasteiger partial charge < -0.3 is 5.73 Å². The second-order valence-corrected chi connectivity index (χ2v) is 6.45. The highest BCUT2D eigenvalue weighted by molar-refractivity contribution is 6.35. The first-order valence-electron chi connectivity index (χ1n) is 7.67. The molecule has 0 aromatic heterocycles. The SMILES string of the molecule is Nc1ccc(/C=C\c2ccccc2Cc2ccc(Cl)cc2Cl)cc1. The maximum atomic E-state index is 6.31. The molecule has 0 aliphatic carbocycles. The van der Waals surface area contributed by atoms with Crippen LogP contribution in [0.4, 0.5) is 5.69 Å². The van der Waals surface area contributed by atoms with E-state index in [1.807, 2.05) is 48.5 Å². The summed E-state index contributed by atoms with van der Waals surface area (Å²) in [7, 11) is 0. The molecule has 3 aromatic rings. The summed E-state index contributed by atoms with van der Waals surface area (Å²) in [6.07, 6.45) is 4.96. The third kappa shape index (κ3) is 4.19. The summed E-state index contributed by atoms with van der Waals surface area (Å²) in [6.45, 7) is 0. The molecule has 0 amide bonds. The number of hydrogen-bond acceptors (Lipinski definition) is 1. The molecule has 0 aliphatic heterocycles. The monoisotopic (exact) mass is 353 g/mol. The van der Waals surface area contributed by atoms with Crippen molar-refractivity contribution in [3.8, 4) is 0 Å². The Morgan fingerprint density at radius 3 is 2.29 bits per heavy atom. The summed E-state index contributed by atoms with van der Waals surface area (Å²) in [5.74, 6) is 0. The molecule has 1 nitrogen and oxygen atoms in total. The predicted molar refractivity (Wildman–Crippen MR) is 105 cm³/mol. The summed E-state index contributed by atoms with van der Waals surface area (Å²) in [6, 6.07) is 21.7. The first-order valence-corrected chi connectivity index (χ1v) is 8.43. The molecule has 0 saturated carbocycles. The van der Waals surface area contributed by atoms with E-state index in [-0.39, 0.29) is 0 Å². The summed E-state index contributed by atoms with van der Waals surface area (Å²) < 4.78 is 0. The molecule has 3 rings (SSSR count). The highest BCUT2D eigenvalue weighted by Crippen LogP contribution is 2.25. The lowest BCUT2D eigenvalue weighted by Gasteiger charge is -2.08. The molecule has 0 atom stereocenters. The van der Waals surface area contributed by atoms with E-state index in [9.17, 15) is 0 Å². The van der Waals surface area contributed by atoms with Crippen LogP contribution in [0.15, 0.2) is 66.7 Å². The van der Waals surface area contributed by atoms with Gasteiger partial charge in [-0.1, -0.05) is 77.8 Å². The number of nitrogens with two attached hydrogens (primary N) is 1. The van der Waals surface area contributed by atoms with Crippen LogP contribution in [0, 0.1) is 0 Å². The van der Waals surface area contributed by atoms with Gasteiger partial charge in [0.05, 0.1) is 0 Å². The molecular weight excluding hydrogens is 337 g/mol. The smallest absolute Gasteiger partial charge is 0.0456 e. The van der Waals surface area contributed by atoms with Crippen LogP contribution in [0.5, 0.6) is 0 Å². The fourth-order valence-corrected chi connectivity index (χ4v) is 3.00. The van der Waals surface area contributed by atoms with Crippen LogP contribution in [-0.4, -0.2) is 0 Å². The highest BCUT2D eigenvalue weighted by Gasteiger charge is 2.05. The van der Waals surface area contributed by atoms with Crippen molar-refractivity contribution < 1.29 is 0 Å². The van der Waals surface area contributed by atoms with Crippen LogP contribution in [0.25, 0.3) is 12.2 Å². The molecule has 120 valence electrons. The van der Waals surface area contributed by atoms with Crippen molar-refractivity contribution in [1.29, 1.82) is 0 Å². The average Bonchev–Trinajstić information content (AvgIpc) is 2.58. The standard InChI is InChI=1S/C21H17Cl2N/c22-19-10-9-18(21(23)14-19)13-17-4-2-1-3-16(17)8-5-15-6-11-20(24)12-7-15/h1-12,14H,13,24H2/b8-5-. The molecule has 0 bridgehead atoms. The number of anilines is 1. The molecule has 0 saturated heterocycles. The van der Waals surface area contributed by atoms with E-state index in [0.29, 0.717) is 10.0 Å². The van der Waals surface area contributed by atoms with Gasteiger partial charge in [-0.3, -0.25) is 0 Å². The Balaban J connectivity index is 1.86. The Bertz CT molecular complexity index is 867. The van der Waals surface area contributed by atoms with Crippen molar-refractivity contribution in [2.24, 2.45) is 0 Å². The first-order chi connectivity index (χ1) is 11.6. The number of benzene rings is 3. The number of hydrogen-bond donors (Lipinski definition) is 1. The Kier molecular flexibility index (Phi) is 5.24. The van der Waals surface area contributed by atoms with Gasteiger partial charge in [0, 0.05) is 15.7 Å². The molecular formula is C21H17Cl2N. The molecule has 0 fully saturated rings. The Morgan fingerprint density at radius 2 is 1.54 bits per heavy atom. The van der Waals surface area contributed by atoms with Gasteiger partial charge in [-0.25, -0.2) is 0 Å². The van der Waals surface area contributed by atoms with E-state index in [2.05, 4.69) is 24.3 Å². The molecule has 0 radical (unpaired) electrons. The Hall–Kier alpha value is -2.22. The second-order valence-electron chi connectivity index (χ2n) is 5.61. The van der Waals surface area contributed by atoms with Gasteiger partial charge >= 0.3 is 0 Å². The lowest BCUT2D eigenvalue weighted by molar-refractivity contribution is 1.19. The van der Waals surface area contributed by atoms with Gasteiger partial charge in [-0.15, -0.1) is 0 Å². The average molecular weight is 354 g/mol. The van der Waals surface area contributed by atoms with Gasteiger partial charge in [0.1, 0.15) is 0 Å². The molecule has 0 aliphatic rings. The lowest BCUT2D eigenvalue weighted by Crippen LogP contribution is -1.92. The van der Waals surface area contributed by atoms with E-state index < -0.39 is 0 Å². The summed E-state index contributed by atoms with van der Waals surface area (Å²) in [5.41, 5.74) is 11.1. The number of halogens is 2. The van der Waals surface area contributed by atoms with Crippen molar-refractivity contribution in [3.05, 3.63) is 99.0 Å². The quantitative estimate of drug-likeness (QED) is 0.429. The van der Waals surface area contributed by atoms with Gasteiger partial charge in [0.25, 0.3) is 0 Å². The van der Waals surface area contributed by atoms with Gasteiger partial charge in [-0.2, -0.15) is 0 Å². The molecule has 0 spiro atoms. The van der Waals surface area contributed by atoms with Crippen LogP contribution in [0.3, 0.4) is 0 Å². The second kappa shape index (κ2) is 7.57. The van der Waals surface area contributed by atoms with Crippen LogP contribution in [0.1, 0.15) is 22.3 Å². The van der Waals surface area contributed by atoms with E-state index >= 15 is 0 Å². The summed E-state index contributed by atoms with van der Waals surface area (Å²) >= 11 is 12.3. The predicted octanol–water partition coefficient (Wildman–Crippen LogP) is 6.34. The molecule has 2 N–H and O–H groups in total. The van der Waals surface area contributed by atoms with Crippen molar-refractivity contribution in [2.45, 2.75) is 6.42 Å². The van der Waals surface area contributed by atoms with Crippen LogP contribution in [-0.2, 0) is 6.42 Å². The maximum absolute atomic E-state index is 6.31. The fraction of sp³-hybridized carbons (Fsp3) is 0.0476. The molecule has 24 heavy (non-hydrogen) atoms. The van der Waals surface area contributed by atoms with Crippen LogP contribution in [0.2, 0.25) is 10.0 Å². The fourth-order valence-electron chi connectivity index (χ4n) is 2.52. The first kappa shape index (κ1) is 16.6. The van der Waals surface area contributed by atoms with E-state index in [4.69, 9.17) is 28.9 Å². The zero-order valence-corrected chi connectivity index (χ0v) is 14.6. The van der Waals surface area contributed by atoms with Gasteiger partial charge in [-0.05, 0) is 52.9 Å². The van der Waals surface area contributed by atoms with E-state index in [1.165, 1.54) is 11.1 Å².